The number of aromatic nitrogens is 3. The van der Waals surface area contributed by atoms with E-state index in [1.165, 1.54) is 16.7 Å². The van der Waals surface area contributed by atoms with Gasteiger partial charge in [-0.05, 0) is 44.0 Å². The highest BCUT2D eigenvalue weighted by Crippen LogP contribution is 2.22. The van der Waals surface area contributed by atoms with Gasteiger partial charge in [-0.2, -0.15) is 4.98 Å². The lowest BCUT2D eigenvalue weighted by molar-refractivity contribution is 0.102. The topological polar surface area (TPSA) is 77.1 Å². The lowest BCUT2D eigenvalue weighted by atomic mass is 10.2. The lowest BCUT2D eigenvalue weighted by Gasteiger charge is -2.11. The van der Waals surface area contributed by atoms with Gasteiger partial charge in [-0.25, -0.2) is 4.39 Å². The molecule has 0 aliphatic heterocycles. The predicted octanol–water partition coefficient (Wildman–Crippen LogP) is 3.94. The highest BCUT2D eigenvalue weighted by Gasteiger charge is 2.18. The molecule has 0 aliphatic rings. The molecule has 1 aromatic carbocycles. The molecule has 0 radical (unpaired) electrons. The summed E-state index contributed by atoms with van der Waals surface area (Å²) in [6, 6.07) is 9.22. The Morgan fingerprint density at radius 3 is 2.53 bits per heavy atom. The van der Waals surface area contributed by atoms with Crippen molar-refractivity contribution in [2.24, 2.45) is 0 Å². The van der Waals surface area contributed by atoms with E-state index in [2.05, 4.69) is 4.98 Å². The van der Waals surface area contributed by atoms with Gasteiger partial charge in [0.15, 0.2) is 10.9 Å². The molecule has 0 fully saturated rings. The van der Waals surface area contributed by atoms with E-state index in [0.717, 1.165) is 41.2 Å². The summed E-state index contributed by atoms with van der Waals surface area (Å²) in [5.41, 5.74) is 2.98. The van der Waals surface area contributed by atoms with Crippen molar-refractivity contribution in [1.82, 2.24) is 14.1 Å². The molecule has 0 saturated carbocycles. The first kappa shape index (κ1) is 21.8. The SMILES string of the molecule is CCCn1c(SCC(=O)c2cc(C)n(Cc3ccc(F)cc3)c2C)nc(O)cc1=O. The van der Waals surface area contributed by atoms with Crippen LogP contribution in [0.5, 0.6) is 5.88 Å². The molecule has 1 N–H and O–H groups in total. The standard InChI is InChI=1S/C22H24FN3O3S/c1-4-9-25-21(29)11-20(28)24-22(25)30-13-19(27)18-10-14(2)26(15(18)3)12-16-5-7-17(23)8-6-16/h5-8,10-11,28H,4,9,12-13H2,1-3H3. The quantitative estimate of drug-likeness (QED) is 0.333. The number of benzene rings is 1. The summed E-state index contributed by atoms with van der Waals surface area (Å²) in [6.07, 6.45) is 0.735. The van der Waals surface area contributed by atoms with Crippen molar-refractivity contribution in [2.75, 3.05) is 5.75 Å². The fourth-order valence-electron chi connectivity index (χ4n) is 3.32. The molecule has 0 bridgehead atoms. The Labute approximate surface area is 178 Å². The molecule has 30 heavy (non-hydrogen) atoms. The highest BCUT2D eigenvalue weighted by atomic mass is 32.2. The number of hydrogen-bond acceptors (Lipinski definition) is 5. The maximum absolute atomic E-state index is 13.1. The molecule has 2 aromatic heterocycles. The van der Waals surface area contributed by atoms with Gasteiger partial charge in [-0.15, -0.1) is 0 Å². The fraction of sp³-hybridized carbons (Fsp3) is 0.318. The number of ketones is 1. The van der Waals surface area contributed by atoms with E-state index in [1.54, 1.807) is 12.1 Å². The molecule has 2 heterocycles. The molecule has 0 amide bonds. The van der Waals surface area contributed by atoms with E-state index in [-0.39, 0.29) is 28.8 Å². The Morgan fingerprint density at radius 1 is 1.17 bits per heavy atom. The zero-order chi connectivity index (χ0) is 21.8. The zero-order valence-corrected chi connectivity index (χ0v) is 18.0. The number of hydrogen-bond donors (Lipinski definition) is 1. The second-order valence-corrected chi connectivity index (χ2v) is 8.04. The van der Waals surface area contributed by atoms with E-state index in [0.29, 0.717) is 23.8 Å². The molecule has 0 spiro atoms. The third kappa shape index (κ3) is 4.81. The Kier molecular flexibility index (Phi) is 6.77. The van der Waals surface area contributed by atoms with Crippen LogP contribution in [0.25, 0.3) is 0 Å². The van der Waals surface area contributed by atoms with Crippen molar-refractivity contribution in [3.63, 3.8) is 0 Å². The van der Waals surface area contributed by atoms with Gasteiger partial charge in [0.05, 0.1) is 11.8 Å². The zero-order valence-electron chi connectivity index (χ0n) is 17.2. The van der Waals surface area contributed by atoms with Gasteiger partial charge in [0, 0.05) is 30.0 Å². The van der Waals surface area contributed by atoms with E-state index >= 15 is 0 Å². The Hall–Kier alpha value is -2.87. The van der Waals surface area contributed by atoms with Crippen LogP contribution in [0.1, 0.15) is 40.7 Å². The average Bonchev–Trinajstić information content (AvgIpc) is 2.98. The first-order chi connectivity index (χ1) is 14.3. The average molecular weight is 430 g/mol. The van der Waals surface area contributed by atoms with Gasteiger partial charge < -0.3 is 9.67 Å². The van der Waals surface area contributed by atoms with Crippen LogP contribution in [0.15, 0.2) is 46.3 Å². The van der Waals surface area contributed by atoms with Crippen LogP contribution in [0, 0.1) is 19.7 Å². The molecule has 158 valence electrons. The largest absolute Gasteiger partial charge is 0.493 e. The van der Waals surface area contributed by atoms with Crippen LogP contribution in [0.4, 0.5) is 4.39 Å². The van der Waals surface area contributed by atoms with Crippen LogP contribution in [0.2, 0.25) is 0 Å². The van der Waals surface area contributed by atoms with Gasteiger partial charge in [0.25, 0.3) is 5.56 Å². The molecular formula is C22H24FN3O3S. The van der Waals surface area contributed by atoms with Gasteiger partial charge in [0.2, 0.25) is 5.88 Å². The smallest absolute Gasteiger partial charge is 0.257 e. The van der Waals surface area contributed by atoms with Crippen molar-refractivity contribution in [1.29, 1.82) is 0 Å². The predicted molar refractivity (Wildman–Crippen MR) is 115 cm³/mol. The van der Waals surface area contributed by atoms with E-state index in [4.69, 9.17) is 0 Å². The maximum atomic E-state index is 13.1. The molecule has 0 atom stereocenters. The molecular weight excluding hydrogens is 405 g/mol. The number of carbonyl (C=O) groups is 1. The summed E-state index contributed by atoms with van der Waals surface area (Å²) in [5.74, 6) is -0.617. The van der Waals surface area contributed by atoms with Crippen molar-refractivity contribution in [3.8, 4) is 5.88 Å². The number of halogens is 1. The first-order valence-electron chi connectivity index (χ1n) is 9.68. The van der Waals surface area contributed by atoms with E-state index < -0.39 is 0 Å². The first-order valence-corrected chi connectivity index (χ1v) is 10.7. The summed E-state index contributed by atoms with van der Waals surface area (Å²) >= 11 is 1.14. The van der Waals surface area contributed by atoms with Gasteiger partial charge >= 0.3 is 0 Å². The molecule has 0 saturated heterocycles. The molecule has 6 nitrogen and oxygen atoms in total. The Bertz CT molecular complexity index is 1120. The Morgan fingerprint density at radius 2 is 1.87 bits per heavy atom. The third-order valence-electron chi connectivity index (χ3n) is 4.87. The number of nitrogens with zero attached hydrogens (tertiary/aromatic N) is 3. The summed E-state index contributed by atoms with van der Waals surface area (Å²) in [4.78, 5) is 29.0. The molecule has 0 aliphatic carbocycles. The number of carbonyl (C=O) groups excluding carboxylic acids is 1. The van der Waals surface area contributed by atoms with E-state index in [9.17, 15) is 19.1 Å². The third-order valence-corrected chi connectivity index (χ3v) is 5.84. The van der Waals surface area contributed by atoms with Crippen LogP contribution in [-0.4, -0.2) is 30.8 Å². The van der Waals surface area contributed by atoms with Gasteiger partial charge in [-0.1, -0.05) is 30.8 Å². The normalized spacial score (nSPS) is 11.1. The maximum Gasteiger partial charge on any atom is 0.257 e. The van der Waals surface area contributed by atoms with Crippen LogP contribution in [0.3, 0.4) is 0 Å². The molecule has 3 aromatic rings. The van der Waals surface area contributed by atoms with Crippen molar-refractivity contribution in [2.45, 2.75) is 45.4 Å². The summed E-state index contributed by atoms with van der Waals surface area (Å²) in [5, 5.41) is 9.99. The number of aromatic hydroxyl groups is 1. The van der Waals surface area contributed by atoms with Crippen molar-refractivity contribution >= 4 is 17.5 Å². The van der Waals surface area contributed by atoms with Crippen LogP contribution in [-0.2, 0) is 13.1 Å². The monoisotopic (exact) mass is 429 g/mol. The molecule has 3 rings (SSSR count). The van der Waals surface area contributed by atoms with Crippen molar-refractivity contribution in [3.05, 3.63) is 75.1 Å². The summed E-state index contributed by atoms with van der Waals surface area (Å²) < 4.78 is 16.6. The van der Waals surface area contributed by atoms with E-state index in [1.807, 2.05) is 31.4 Å². The minimum absolute atomic E-state index is 0.0842. The van der Waals surface area contributed by atoms with Crippen molar-refractivity contribution < 1.29 is 14.3 Å². The van der Waals surface area contributed by atoms with Crippen LogP contribution >= 0.6 is 11.8 Å². The molecule has 8 heteroatoms. The Balaban J connectivity index is 1.78. The van der Waals surface area contributed by atoms with Crippen LogP contribution < -0.4 is 5.56 Å². The number of rotatable bonds is 8. The molecule has 0 unspecified atom stereocenters. The highest BCUT2D eigenvalue weighted by molar-refractivity contribution is 7.99. The van der Waals surface area contributed by atoms with Gasteiger partial charge in [-0.3, -0.25) is 14.2 Å². The minimum atomic E-state index is -0.347. The van der Waals surface area contributed by atoms with Gasteiger partial charge in [0.1, 0.15) is 5.82 Å². The number of aryl methyl sites for hydroxylation is 1. The minimum Gasteiger partial charge on any atom is -0.493 e. The number of Topliss-reactive ketones (excluding diaryl/α,β-unsaturated/α-hetero) is 1. The second-order valence-electron chi connectivity index (χ2n) is 7.10. The second kappa shape index (κ2) is 9.30. The summed E-state index contributed by atoms with van der Waals surface area (Å²) in [7, 11) is 0. The lowest BCUT2D eigenvalue weighted by Crippen LogP contribution is -2.22. The fourth-order valence-corrected chi connectivity index (χ4v) is 4.23. The summed E-state index contributed by atoms with van der Waals surface area (Å²) in [6.45, 7) is 6.76. The number of thioether (sulfide) groups is 1.